The van der Waals surface area contributed by atoms with Crippen LogP contribution < -0.4 is 11.1 Å². The zero-order valence-corrected chi connectivity index (χ0v) is 11.6. The number of nitrogens with two attached hydrogens (primary N) is 1. The number of benzene rings is 1. The second-order valence-corrected chi connectivity index (χ2v) is 5.36. The van der Waals surface area contributed by atoms with Gasteiger partial charge in [-0.2, -0.15) is 0 Å². The third kappa shape index (κ3) is 4.71. The molecule has 3 N–H and O–H groups in total. The molecule has 18 heavy (non-hydrogen) atoms. The van der Waals surface area contributed by atoms with Gasteiger partial charge in [0, 0.05) is 0 Å². The zero-order chi connectivity index (χ0) is 13.8. The summed E-state index contributed by atoms with van der Waals surface area (Å²) in [7, 11) is 0. The van der Waals surface area contributed by atoms with Crippen LogP contribution in [0.15, 0.2) is 30.3 Å². The van der Waals surface area contributed by atoms with Crippen molar-refractivity contribution in [2.24, 2.45) is 5.73 Å². The Hall–Kier alpha value is -1.62. The smallest absolute Gasteiger partial charge is 0.408 e. The Bertz CT molecular complexity index is 426. The average Bonchev–Trinajstić information content (AvgIpc) is 2.24. The lowest BCUT2D eigenvalue weighted by atomic mass is 10.1. The molecule has 0 aliphatic rings. The molecule has 1 aromatic rings. The maximum atomic E-state index is 11.7. The van der Waals surface area contributed by atoms with Crippen LogP contribution in [0, 0.1) is 0 Å². The summed E-state index contributed by atoms with van der Waals surface area (Å²) in [6, 6.07) is 8.78. The van der Waals surface area contributed by atoms with Crippen molar-refractivity contribution in [3.05, 3.63) is 35.9 Å². The molecule has 1 amide bonds. The van der Waals surface area contributed by atoms with Crippen LogP contribution in [-0.4, -0.2) is 16.7 Å². The number of alkyl carbamates (subject to hydrolysis) is 1. The normalized spacial score (nSPS) is 12.6. The Labute approximate surface area is 113 Å². The SMILES string of the molecule is CC(C)(C)OC(=O)N[C@H](C(N)=S)c1ccccc1. The first kappa shape index (κ1) is 14.4. The second-order valence-electron chi connectivity index (χ2n) is 4.89. The minimum Gasteiger partial charge on any atom is -0.444 e. The summed E-state index contributed by atoms with van der Waals surface area (Å²) in [5.41, 5.74) is 5.92. The van der Waals surface area contributed by atoms with Crippen LogP contribution in [0.3, 0.4) is 0 Å². The van der Waals surface area contributed by atoms with Crippen molar-refractivity contribution in [3.8, 4) is 0 Å². The zero-order valence-electron chi connectivity index (χ0n) is 10.8. The van der Waals surface area contributed by atoms with E-state index in [1.807, 2.05) is 30.3 Å². The largest absolute Gasteiger partial charge is 0.444 e. The van der Waals surface area contributed by atoms with E-state index in [-0.39, 0.29) is 4.99 Å². The molecule has 0 aliphatic carbocycles. The molecule has 0 heterocycles. The Morgan fingerprint density at radius 1 is 1.33 bits per heavy atom. The number of ether oxygens (including phenoxy) is 1. The highest BCUT2D eigenvalue weighted by atomic mass is 32.1. The molecule has 0 unspecified atom stereocenters. The number of carbonyl (C=O) groups is 1. The van der Waals surface area contributed by atoms with Crippen molar-refractivity contribution in [1.82, 2.24) is 5.32 Å². The van der Waals surface area contributed by atoms with Crippen molar-refractivity contribution in [2.75, 3.05) is 0 Å². The number of hydrogen-bond acceptors (Lipinski definition) is 3. The van der Waals surface area contributed by atoms with Crippen LogP contribution in [0.1, 0.15) is 32.4 Å². The topological polar surface area (TPSA) is 64.3 Å². The summed E-state index contributed by atoms with van der Waals surface area (Å²) >= 11 is 4.97. The van der Waals surface area contributed by atoms with Crippen LogP contribution >= 0.6 is 12.2 Å². The predicted molar refractivity (Wildman–Crippen MR) is 75.3 cm³/mol. The summed E-state index contributed by atoms with van der Waals surface area (Å²) in [6.45, 7) is 5.39. The summed E-state index contributed by atoms with van der Waals surface area (Å²) in [5.74, 6) is 0. The number of hydrogen-bond donors (Lipinski definition) is 2. The van der Waals surface area contributed by atoms with E-state index in [9.17, 15) is 4.79 Å². The molecule has 0 saturated heterocycles. The quantitative estimate of drug-likeness (QED) is 0.825. The van der Waals surface area contributed by atoms with E-state index >= 15 is 0 Å². The molecule has 1 aromatic carbocycles. The fourth-order valence-electron chi connectivity index (χ4n) is 1.39. The summed E-state index contributed by atoms with van der Waals surface area (Å²) in [4.78, 5) is 11.9. The minimum absolute atomic E-state index is 0.201. The van der Waals surface area contributed by atoms with Crippen LogP contribution in [0.5, 0.6) is 0 Å². The molecule has 1 rings (SSSR count). The molecular formula is C13H18N2O2S. The maximum absolute atomic E-state index is 11.7. The molecule has 0 spiro atoms. The van der Waals surface area contributed by atoms with E-state index in [0.717, 1.165) is 5.56 Å². The van der Waals surface area contributed by atoms with E-state index in [4.69, 9.17) is 22.7 Å². The highest BCUT2D eigenvalue weighted by Gasteiger charge is 2.21. The second kappa shape index (κ2) is 5.82. The summed E-state index contributed by atoms with van der Waals surface area (Å²) in [5, 5.41) is 2.66. The lowest BCUT2D eigenvalue weighted by Crippen LogP contribution is -2.39. The van der Waals surface area contributed by atoms with Crippen LogP contribution in [0.4, 0.5) is 4.79 Å². The Kier molecular flexibility index (Phi) is 4.67. The van der Waals surface area contributed by atoms with Crippen molar-refractivity contribution in [1.29, 1.82) is 0 Å². The van der Waals surface area contributed by atoms with Crippen LogP contribution in [-0.2, 0) is 4.74 Å². The third-order valence-electron chi connectivity index (χ3n) is 2.08. The van der Waals surface area contributed by atoms with Gasteiger partial charge in [-0.3, -0.25) is 0 Å². The molecule has 1 atom stereocenters. The third-order valence-corrected chi connectivity index (χ3v) is 2.31. The molecule has 5 heteroatoms. The van der Waals surface area contributed by atoms with Gasteiger partial charge in [0.1, 0.15) is 16.6 Å². The fraction of sp³-hybridized carbons (Fsp3) is 0.385. The van der Waals surface area contributed by atoms with E-state index in [0.29, 0.717) is 0 Å². The fourth-order valence-corrected chi connectivity index (χ4v) is 1.58. The van der Waals surface area contributed by atoms with Crippen LogP contribution in [0.25, 0.3) is 0 Å². The van der Waals surface area contributed by atoms with Crippen molar-refractivity contribution in [3.63, 3.8) is 0 Å². The van der Waals surface area contributed by atoms with Gasteiger partial charge in [0.2, 0.25) is 0 Å². The van der Waals surface area contributed by atoms with Gasteiger partial charge < -0.3 is 15.8 Å². The average molecular weight is 266 g/mol. The van der Waals surface area contributed by atoms with Gasteiger partial charge in [0.15, 0.2) is 0 Å². The molecule has 0 bridgehead atoms. The van der Waals surface area contributed by atoms with Gasteiger partial charge in [0.05, 0.1) is 0 Å². The van der Waals surface area contributed by atoms with Gasteiger partial charge >= 0.3 is 6.09 Å². The Balaban J connectivity index is 2.77. The van der Waals surface area contributed by atoms with Crippen LogP contribution in [0.2, 0.25) is 0 Å². The summed E-state index contributed by atoms with van der Waals surface area (Å²) < 4.78 is 5.17. The lowest BCUT2D eigenvalue weighted by molar-refractivity contribution is 0.0518. The molecular weight excluding hydrogens is 248 g/mol. The molecule has 0 aliphatic heterocycles. The number of thiocarbonyl (C=S) groups is 1. The van der Waals surface area contributed by atoms with E-state index in [1.54, 1.807) is 20.8 Å². The van der Waals surface area contributed by atoms with Gasteiger partial charge in [-0.1, -0.05) is 42.5 Å². The van der Waals surface area contributed by atoms with Gasteiger partial charge in [-0.05, 0) is 26.3 Å². The number of carbonyl (C=O) groups excluding carboxylic acids is 1. The molecule has 4 nitrogen and oxygen atoms in total. The highest BCUT2D eigenvalue weighted by Crippen LogP contribution is 2.14. The first-order chi connectivity index (χ1) is 8.29. The molecule has 0 saturated carbocycles. The summed E-state index contributed by atoms with van der Waals surface area (Å²) in [6.07, 6.45) is -0.538. The predicted octanol–water partition coefficient (Wildman–Crippen LogP) is 2.54. The minimum atomic E-state index is -0.554. The first-order valence-corrected chi connectivity index (χ1v) is 6.04. The Morgan fingerprint density at radius 2 is 1.89 bits per heavy atom. The van der Waals surface area contributed by atoms with Gasteiger partial charge in [-0.25, -0.2) is 4.79 Å². The number of rotatable bonds is 3. The van der Waals surface area contributed by atoms with Gasteiger partial charge in [0.25, 0.3) is 0 Å². The van der Waals surface area contributed by atoms with E-state index < -0.39 is 17.7 Å². The maximum Gasteiger partial charge on any atom is 0.408 e. The molecule has 0 radical (unpaired) electrons. The monoisotopic (exact) mass is 266 g/mol. The van der Waals surface area contributed by atoms with Crippen molar-refractivity contribution < 1.29 is 9.53 Å². The lowest BCUT2D eigenvalue weighted by Gasteiger charge is -2.23. The number of nitrogens with one attached hydrogen (secondary N) is 1. The van der Waals surface area contributed by atoms with E-state index in [2.05, 4.69) is 5.32 Å². The van der Waals surface area contributed by atoms with Gasteiger partial charge in [-0.15, -0.1) is 0 Å². The standard InChI is InChI=1S/C13H18N2O2S/c1-13(2,3)17-12(16)15-10(11(14)18)9-7-5-4-6-8-9/h4-8,10H,1-3H3,(H2,14,18)(H,15,16)/t10-/m0/s1. The first-order valence-electron chi connectivity index (χ1n) is 5.63. The van der Waals surface area contributed by atoms with E-state index in [1.165, 1.54) is 0 Å². The number of amides is 1. The Morgan fingerprint density at radius 3 is 2.33 bits per heavy atom. The van der Waals surface area contributed by atoms with Crippen molar-refractivity contribution in [2.45, 2.75) is 32.4 Å². The molecule has 0 aromatic heterocycles. The molecule has 0 fully saturated rings. The highest BCUT2D eigenvalue weighted by molar-refractivity contribution is 7.80. The van der Waals surface area contributed by atoms with Crippen molar-refractivity contribution >= 4 is 23.3 Å². The molecule has 98 valence electrons.